The molecule has 0 bridgehead atoms. The van der Waals surface area contributed by atoms with E-state index >= 15 is 0 Å². The molecule has 1 saturated heterocycles. The fraction of sp³-hybridized carbons (Fsp3) is 0.619. The van der Waals surface area contributed by atoms with Crippen molar-refractivity contribution in [2.24, 2.45) is 16.6 Å². The predicted molar refractivity (Wildman–Crippen MR) is 119 cm³/mol. The van der Waals surface area contributed by atoms with Crippen LogP contribution in [-0.4, -0.2) is 41.1 Å². The Bertz CT molecular complexity index is 872. The molecule has 2 fully saturated rings. The van der Waals surface area contributed by atoms with Gasteiger partial charge in [0.05, 0.1) is 5.54 Å². The number of aliphatic imine (C=N–C) groups is 1. The molecular weight excluding hydrogens is 452 g/mol. The molecule has 0 aromatic heterocycles. The molecule has 1 spiro atoms. The van der Waals surface area contributed by atoms with Crippen molar-refractivity contribution in [3.05, 3.63) is 28.2 Å². The number of nitrogens with zero attached hydrogens (tertiary/aromatic N) is 1. The van der Waals surface area contributed by atoms with Gasteiger partial charge in [0.15, 0.2) is 5.17 Å². The number of halogens is 1. The minimum absolute atomic E-state index is 0.104. The molecule has 5 rings (SSSR count). The molecule has 29 heavy (non-hydrogen) atoms. The molecule has 3 heterocycles. The van der Waals surface area contributed by atoms with E-state index in [1.807, 2.05) is 19.1 Å². The van der Waals surface area contributed by atoms with Gasteiger partial charge in [0, 0.05) is 27.7 Å². The van der Waals surface area contributed by atoms with Gasteiger partial charge in [-0.3, -0.25) is 4.79 Å². The van der Waals surface area contributed by atoms with Crippen molar-refractivity contribution in [3.8, 4) is 5.75 Å². The summed E-state index contributed by atoms with van der Waals surface area (Å²) >= 11 is 5.23. The maximum Gasteiger partial charge on any atom is 0.240 e. The number of hydrogen-bond acceptors (Lipinski definition) is 6. The number of nitrogens with one attached hydrogen (secondary N) is 2. The van der Waals surface area contributed by atoms with Crippen LogP contribution in [0, 0.1) is 5.92 Å². The Hall–Kier alpha value is -1.25. The van der Waals surface area contributed by atoms with Gasteiger partial charge in [0.1, 0.15) is 17.4 Å². The molecule has 4 N–H and O–H groups in total. The first kappa shape index (κ1) is 19.7. The topological polar surface area (TPSA) is 88.7 Å². The predicted octanol–water partition coefficient (Wildman–Crippen LogP) is 2.89. The quantitative estimate of drug-likeness (QED) is 0.607. The Morgan fingerprint density at radius 3 is 3.03 bits per heavy atom. The van der Waals surface area contributed by atoms with Crippen molar-refractivity contribution >= 4 is 38.8 Å². The average Bonchev–Trinajstić information content (AvgIpc) is 3.31. The minimum atomic E-state index is -0.444. The van der Waals surface area contributed by atoms with Crippen molar-refractivity contribution < 1.29 is 9.53 Å². The van der Waals surface area contributed by atoms with Crippen molar-refractivity contribution in [3.63, 3.8) is 0 Å². The standard InChI is InChI=1S/C21H27BrN4O2S/c1-20(7-2-8-24-20)18(27)25-13-4-6-17-15(10-13)21(11-29-19(23)26-21)14-9-12(22)3-5-16(14)28-17/h3,5,9,13,15,17,24H,2,4,6-8,10-11H2,1H3,(H2,23,26)(H,25,27). The lowest BCUT2D eigenvalue weighted by molar-refractivity contribution is -0.128. The average molecular weight is 479 g/mol. The second kappa shape index (κ2) is 7.17. The fourth-order valence-corrected chi connectivity index (χ4v) is 6.82. The van der Waals surface area contributed by atoms with Crippen LogP contribution < -0.4 is 21.1 Å². The number of amidine groups is 1. The summed E-state index contributed by atoms with van der Waals surface area (Å²) in [4.78, 5) is 17.9. The van der Waals surface area contributed by atoms with E-state index in [0.29, 0.717) is 5.17 Å². The Kier molecular flexibility index (Phi) is 4.87. The number of rotatable bonds is 2. The number of carbonyl (C=O) groups excluding carboxylic acids is 1. The first-order valence-corrected chi connectivity index (χ1v) is 12.2. The molecule has 1 aliphatic carbocycles. The highest BCUT2D eigenvalue weighted by Crippen LogP contribution is 2.54. The van der Waals surface area contributed by atoms with Gasteiger partial charge in [-0.05, 0) is 63.8 Å². The van der Waals surface area contributed by atoms with E-state index in [-0.39, 0.29) is 29.5 Å². The Balaban J connectivity index is 1.43. The molecular formula is C21H27BrN4O2S. The first-order valence-electron chi connectivity index (χ1n) is 10.4. The molecule has 1 aromatic rings. The highest BCUT2D eigenvalue weighted by Gasteiger charge is 2.55. The molecule has 5 unspecified atom stereocenters. The van der Waals surface area contributed by atoms with Gasteiger partial charge in [-0.2, -0.15) is 0 Å². The maximum absolute atomic E-state index is 12.9. The van der Waals surface area contributed by atoms with Crippen LogP contribution in [0.4, 0.5) is 0 Å². The van der Waals surface area contributed by atoms with Crippen molar-refractivity contribution in [2.75, 3.05) is 12.3 Å². The summed E-state index contributed by atoms with van der Waals surface area (Å²) in [5, 5.41) is 7.35. The van der Waals surface area contributed by atoms with Gasteiger partial charge >= 0.3 is 0 Å². The summed E-state index contributed by atoms with van der Waals surface area (Å²) in [6, 6.07) is 6.31. The number of nitrogens with two attached hydrogens (primary N) is 1. The molecule has 8 heteroatoms. The molecule has 5 atom stereocenters. The van der Waals surface area contributed by atoms with Crippen LogP contribution in [0.3, 0.4) is 0 Å². The number of carbonyl (C=O) groups is 1. The third kappa shape index (κ3) is 3.27. The smallest absolute Gasteiger partial charge is 0.240 e. The molecule has 1 aromatic carbocycles. The summed E-state index contributed by atoms with van der Waals surface area (Å²) in [5.41, 5.74) is 6.44. The maximum atomic E-state index is 12.9. The van der Waals surface area contributed by atoms with Gasteiger partial charge in [-0.1, -0.05) is 27.7 Å². The van der Waals surface area contributed by atoms with E-state index in [2.05, 4.69) is 32.6 Å². The molecule has 1 saturated carbocycles. The van der Waals surface area contributed by atoms with Crippen LogP contribution in [0.25, 0.3) is 0 Å². The Morgan fingerprint density at radius 2 is 2.31 bits per heavy atom. The van der Waals surface area contributed by atoms with Gasteiger partial charge in [-0.25, -0.2) is 4.99 Å². The number of amides is 1. The second-order valence-electron chi connectivity index (χ2n) is 8.91. The molecule has 0 radical (unpaired) electrons. The molecule has 3 aliphatic heterocycles. The monoisotopic (exact) mass is 478 g/mol. The van der Waals surface area contributed by atoms with E-state index in [1.54, 1.807) is 11.8 Å². The van der Waals surface area contributed by atoms with Gasteiger partial charge in [0.2, 0.25) is 5.91 Å². The van der Waals surface area contributed by atoms with Gasteiger partial charge in [0.25, 0.3) is 0 Å². The fourth-order valence-electron chi connectivity index (χ4n) is 5.43. The second-order valence-corrected chi connectivity index (χ2v) is 10.8. The zero-order valence-electron chi connectivity index (χ0n) is 16.5. The SMILES string of the molecule is CC1(C(=O)NC2CCC3Oc4ccc(Br)cc4C4(CSC(N)=N4)C3C2)CCCN1. The number of thioether (sulfide) groups is 1. The lowest BCUT2D eigenvalue weighted by atomic mass is 9.67. The van der Waals surface area contributed by atoms with Crippen LogP contribution in [0.5, 0.6) is 5.75 Å². The Morgan fingerprint density at radius 1 is 1.45 bits per heavy atom. The van der Waals surface area contributed by atoms with Crippen molar-refractivity contribution in [1.29, 1.82) is 0 Å². The zero-order chi connectivity index (χ0) is 20.2. The van der Waals surface area contributed by atoms with Crippen LogP contribution >= 0.6 is 27.7 Å². The zero-order valence-corrected chi connectivity index (χ0v) is 18.9. The largest absolute Gasteiger partial charge is 0.490 e. The normalized spacial score (nSPS) is 38.1. The highest BCUT2D eigenvalue weighted by molar-refractivity contribution is 9.10. The number of fused-ring (bicyclic) bond motifs is 4. The summed E-state index contributed by atoms with van der Waals surface area (Å²) in [6.45, 7) is 2.92. The minimum Gasteiger partial charge on any atom is -0.490 e. The lowest BCUT2D eigenvalue weighted by Crippen LogP contribution is -2.58. The number of benzene rings is 1. The first-order chi connectivity index (χ1) is 13.9. The van der Waals surface area contributed by atoms with Crippen LogP contribution in [0.2, 0.25) is 0 Å². The molecule has 6 nitrogen and oxygen atoms in total. The summed E-state index contributed by atoms with van der Waals surface area (Å²) in [6.07, 6.45) is 4.74. The van der Waals surface area contributed by atoms with E-state index in [9.17, 15) is 4.79 Å². The van der Waals surface area contributed by atoms with Gasteiger partial charge in [-0.15, -0.1) is 0 Å². The van der Waals surface area contributed by atoms with Crippen LogP contribution in [-0.2, 0) is 10.3 Å². The van der Waals surface area contributed by atoms with E-state index in [1.165, 1.54) is 0 Å². The van der Waals surface area contributed by atoms with Gasteiger partial charge < -0.3 is 21.1 Å². The molecule has 156 valence electrons. The van der Waals surface area contributed by atoms with Crippen LogP contribution in [0.15, 0.2) is 27.7 Å². The van der Waals surface area contributed by atoms with E-state index in [4.69, 9.17) is 15.5 Å². The van der Waals surface area contributed by atoms with Crippen LogP contribution in [0.1, 0.15) is 44.6 Å². The lowest BCUT2D eigenvalue weighted by Gasteiger charge is -2.49. The number of hydrogen-bond donors (Lipinski definition) is 3. The summed E-state index contributed by atoms with van der Waals surface area (Å²) in [5.74, 6) is 2.06. The third-order valence-corrected chi connectivity index (χ3v) is 8.51. The third-order valence-electron chi connectivity index (χ3n) is 7.04. The van der Waals surface area contributed by atoms with E-state index < -0.39 is 5.54 Å². The van der Waals surface area contributed by atoms with Crippen molar-refractivity contribution in [1.82, 2.24) is 10.6 Å². The van der Waals surface area contributed by atoms with E-state index in [0.717, 1.165) is 60.2 Å². The molecule has 4 aliphatic rings. The summed E-state index contributed by atoms with van der Waals surface area (Å²) in [7, 11) is 0. The Labute approximate surface area is 183 Å². The van der Waals surface area contributed by atoms with Crippen molar-refractivity contribution in [2.45, 2.75) is 62.3 Å². The highest BCUT2D eigenvalue weighted by atomic mass is 79.9. The number of ether oxygens (including phenoxy) is 1. The summed E-state index contributed by atoms with van der Waals surface area (Å²) < 4.78 is 7.44. The molecule has 1 amide bonds.